The molecule has 0 amide bonds. The Morgan fingerprint density at radius 2 is 2.12 bits per heavy atom. The molecule has 1 rings (SSSR count). The van der Waals surface area contributed by atoms with Gasteiger partial charge in [0.05, 0.1) is 6.61 Å². The molecular formula is C9H15F2N5O. The monoisotopic (exact) mass is 247 g/mol. The van der Waals surface area contributed by atoms with Crippen LogP contribution in [0.3, 0.4) is 0 Å². The fourth-order valence-electron chi connectivity index (χ4n) is 1.11. The van der Waals surface area contributed by atoms with Crippen molar-refractivity contribution < 1.29 is 13.5 Å². The fraction of sp³-hybridized carbons (Fsp3) is 0.556. The van der Waals surface area contributed by atoms with Crippen LogP contribution in [0.25, 0.3) is 0 Å². The lowest BCUT2D eigenvalue weighted by atomic mass is 10.5. The topological polar surface area (TPSA) is 85.1 Å². The van der Waals surface area contributed by atoms with Gasteiger partial charge in [-0.1, -0.05) is 0 Å². The molecule has 1 aromatic rings. The SMILES string of the molecule is CNc1cc(NCCOCC(F)F)nc(N)n1. The van der Waals surface area contributed by atoms with Crippen molar-refractivity contribution in [3.8, 4) is 0 Å². The molecule has 0 aliphatic carbocycles. The van der Waals surface area contributed by atoms with Gasteiger partial charge in [0.2, 0.25) is 5.95 Å². The molecule has 0 saturated heterocycles. The maximum absolute atomic E-state index is 11.7. The van der Waals surface area contributed by atoms with Crippen molar-refractivity contribution in [3.63, 3.8) is 0 Å². The van der Waals surface area contributed by atoms with Gasteiger partial charge in [-0.05, 0) is 0 Å². The molecule has 0 atom stereocenters. The van der Waals surface area contributed by atoms with Crippen LogP contribution >= 0.6 is 0 Å². The Bertz CT molecular complexity index is 350. The van der Waals surface area contributed by atoms with Crippen LogP contribution in [-0.4, -0.2) is 43.2 Å². The van der Waals surface area contributed by atoms with Crippen molar-refractivity contribution in [1.82, 2.24) is 9.97 Å². The molecule has 8 heteroatoms. The first kappa shape index (κ1) is 13.4. The van der Waals surface area contributed by atoms with E-state index in [0.29, 0.717) is 18.2 Å². The lowest BCUT2D eigenvalue weighted by Gasteiger charge is -2.08. The molecule has 6 nitrogen and oxygen atoms in total. The first-order valence-electron chi connectivity index (χ1n) is 5.04. The van der Waals surface area contributed by atoms with E-state index in [2.05, 4.69) is 20.6 Å². The maximum Gasteiger partial charge on any atom is 0.261 e. The molecule has 96 valence electrons. The predicted octanol–water partition coefficient (Wildman–Crippen LogP) is 0.794. The minimum atomic E-state index is -2.44. The molecule has 4 N–H and O–H groups in total. The van der Waals surface area contributed by atoms with E-state index in [-0.39, 0.29) is 12.6 Å². The van der Waals surface area contributed by atoms with Gasteiger partial charge in [0.15, 0.2) is 0 Å². The quantitative estimate of drug-likeness (QED) is 0.618. The predicted molar refractivity (Wildman–Crippen MR) is 61.3 cm³/mol. The van der Waals surface area contributed by atoms with Crippen LogP contribution in [0.4, 0.5) is 26.4 Å². The van der Waals surface area contributed by atoms with E-state index >= 15 is 0 Å². The van der Waals surface area contributed by atoms with E-state index in [1.54, 1.807) is 13.1 Å². The standard InChI is InChI=1S/C9H15F2N5O/c1-13-7-4-8(16-9(12)15-7)14-2-3-17-5-6(10)11/h4,6H,2-3,5H2,1H3,(H4,12,13,14,15,16). The third-order valence-corrected chi connectivity index (χ3v) is 1.80. The third kappa shape index (κ3) is 5.25. The first-order valence-corrected chi connectivity index (χ1v) is 5.04. The summed E-state index contributed by atoms with van der Waals surface area (Å²) in [4.78, 5) is 7.83. The Kier molecular flexibility index (Phi) is 5.34. The van der Waals surface area contributed by atoms with E-state index in [9.17, 15) is 8.78 Å². The Labute approximate surface area is 97.6 Å². The summed E-state index contributed by atoms with van der Waals surface area (Å²) in [5.41, 5.74) is 5.47. The second-order valence-corrected chi connectivity index (χ2v) is 3.14. The van der Waals surface area contributed by atoms with Crippen molar-refractivity contribution in [3.05, 3.63) is 6.07 Å². The van der Waals surface area contributed by atoms with Gasteiger partial charge in [-0.25, -0.2) is 8.78 Å². The summed E-state index contributed by atoms with van der Waals surface area (Å²) < 4.78 is 28.2. The summed E-state index contributed by atoms with van der Waals surface area (Å²) in [5, 5.41) is 5.72. The Hall–Kier alpha value is -1.70. The van der Waals surface area contributed by atoms with Crippen molar-refractivity contribution >= 4 is 17.6 Å². The largest absolute Gasteiger partial charge is 0.374 e. The number of rotatable bonds is 7. The zero-order valence-corrected chi connectivity index (χ0v) is 9.41. The zero-order chi connectivity index (χ0) is 12.7. The van der Waals surface area contributed by atoms with Crippen LogP contribution in [0.1, 0.15) is 0 Å². The van der Waals surface area contributed by atoms with E-state index < -0.39 is 13.0 Å². The van der Waals surface area contributed by atoms with Gasteiger partial charge in [-0.3, -0.25) is 0 Å². The summed E-state index contributed by atoms with van der Waals surface area (Å²) in [6, 6.07) is 1.66. The average Bonchev–Trinajstić information content (AvgIpc) is 2.27. The lowest BCUT2D eigenvalue weighted by molar-refractivity contribution is 0.0215. The zero-order valence-electron chi connectivity index (χ0n) is 9.41. The number of alkyl halides is 2. The molecule has 0 bridgehead atoms. The highest BCUT2D eigenvalue weighted by molar-refractivity contribution is 5.50. The minimum Gasteiger partial charge on any atom is -0.374 e. The first-order chi connectivity index (χ1) is 8.11. The van der Waals surface area contributed by atoms with Gasteiger partial charge in [-0.2, -0.15) is 9.97 Å². The number of hydrogen-bond donors (Lipinski definition) is 3. The highest BCUT2D eigenvalue weighted by atomic mass is 19.3. The van der Waals surface area contributed by atoms with Gasteiger partial charge in [0, 0.05) is 19.7 Å². The molecule has 0 fully saturated rings. The van der Waals surface area contributed by atoms with Crippen LogP contribution in [0.5, 0.6) is 0 Å². The van der Waals surface area contributed by atoms with Crippen molar-refractivity contribution in [2.75, 3.05) is 43.2 Å². The molecular weight excluding hydrogens is 232 g/mol. The molecule has 0 aromatic carbocycles. The number of halogens is 2. The van der Waals surface area contributed by atoms with Crippen LogP contribution in [0.15, 0.2) is 6.07 Å². The summed E-state index contributed by atoms with van der Waals surface area (Å²) in [6.45, 7) is -0.0230. The van der Waals surface area contributed by atoms with Crippen molar-refractivity contribution in [1.29, 1.82) is 0 Å². The van der Waals surface area contributed by atoms with E-state index in [1.807, 2.05) is 0 Å². The molecule has 17 heavy (non-hydrogen) atoms. The Balaban J connectivity index is 2.33. The van der Waals surface area contributed by atoms with Crippen LogP contribution in [-0.2, 0) is 4.74 Å². The number of nitrogens with zero attached hydrogens (tertiary/aromatic N) is 2. The Morgan fingerprint density at radius 3 is 2.76 bits per heavy atom. The van der Waals surface area contributed by atoms with Gasteiger partial charge >= 0.3 is 0 Å². The molecule has 0 saturated carbocycles. The molecule has 0 spiro atoms. The normalized spacial score (nSPS) is 10.6. The Morgan fingerprint density at radius 1 is 1.41 bits per heavy atom. The molecule has 0 aliphatic rings. The number of anilines is 3. The maximum atomic E-state index is 11.7. The average molecular weight is 247 g/mol. The molecule has 0 unspecified atom stereocenters. The van der Waals surface area contributed by atoms with Crippen LogP contribution in [0, 0.1) is 0 Å². The third-order valence-electron chi connectivity index (χ3n) is 1.80. The van der Waals surface area contributed by atoms with Gasteiger partial charge < -0.3 is 21.1 Å². The number of hydrogen-bond acceptors (Lipinski definition) is 6. The number of nitrogens with one attached hydrogen (secondary N) is 2. The highest BCUT2D eigenvalue weighted by Crippen LogP contribution is 2.11. The molecule has 0 aliphatic heterocycles. The summed E-state index contributed by atoms with van der Waals surface area (Å²) in [7, 11) is 1.71. The fourth-order valence-corrected chi connectivity index (χ4v) is 1.11. The molecule has 1 aromatic heterocycles. The van der Waals surface area contributed by atoms with E-state index in [4.69, 9.17) is 10.5 Å². The summed E-state index contributed by atoms with van der Waals surface area (Å²) in [6.07, 6.45) is -2.44. The van der Waals surface area contributed by atoms with Crippen molar-refractivity contribution in [2.45, 2.75) is 6.43 Å². The number of nitrogen functional groups attached to an aromatic ring is 1. The smallest absolute Gasteiger partial charge is 0.261 e. The molecule has 0 radical (unpaired) electrons. The van der Waals surface area contributed by atoms with Gasteiger partial charge in [0.1, 0.15) is 18.2 Å². The van der Waals surface area contributed by atoms with Crippen molar-refractivity contribution in [2.24, 2.45) is 0 Å². The van der Waals surface area contributed by atoms with Crippen LogP contribution in [0.2, 0.25) is 0 Å². The number of aromatic nitrogens is 2. The second kappa shape index (κ2) is 6.79. The second-order valence-electron chi connectivity index (χ2n) is 3.14. The van der Waals surface area contributed by atoms with E-state index in [0.717, 1.165) is 0 Å². The number of ether oxygens (including phenoxy) is 1. The van der Waals surface area contributed by atoms with E-state index in [1.165, 1.54) is 0 Å². The molecule has 1 heterocycles. The number of nitrogens with two attached hydrogens (primary N) is 1. The lowest BCUT2D eigenvalue weighted by Crippen LogP contribution is -2.14. The minimum absolute atomic E-state index is 0.132. The summed E-state index contributed by atoms with van der Waals surface area (Å²) in [5.74, 6) is 1.23. The van der Waals surface area contributed by atoms with Gasteiger partial charge in [-0.15, -0.1) is 0 Å². The van der Waals surface area contributed by atoms with Crippen LogP contribution < -0.4 is 16.4 Å². The summed E-state index contributed by atoms with van der Waals surface area (Å²) >= 11 is 0. The van der Waals surface area contributed by atoms with Gasteiger partial charge in [0.25, 0.3) is 6.43 Å². The highest BCUT2D eigenvalue weighted by Gasteiger charge is 2.02.